The monoisotopic (exact) mass is 387 g/mol. The number of halogens is 1. The van der Waals surface area contributed by atoms with Gasteiger partial charge in [-0.05, 0) is 37.0 Å². The third kappa shape index (κ3) is 5.10. The van der Waals surface area contributed by atoms with Gasteiger partial charge >= 0.3 is 0 Å². The SMILES string of the molecule is CC(OCc1ccccc1)C(=O)NCC1(c2ccccc2Cl)CCOCC1. The fourth-order valence-corrected chi connectivity index (χ4v) is 3.80. The standard InChI is InChI=1S/C22H26ClNO3/c1-17(27-15-18-7-3-2-4-8-18)21(25)24-16-22(11-13-26-14-12-22)19-9-5-6-10-20(19)23/h2-10,17H,11-16H2,1H3,(H,24,25). The van der Waals surface area contributed by atoms with Gasteiger partial charge in [0.25, 0.3) is 0 Å². The Balaban J connectivity index is 1.61. The van der Waals surface area contributed by atoms with E-state index in [1.807, 2.05) is 48.5 Å². The molecule has 0 bridgehead atoms. The van der Waals surface area contributed by atoms with Crippen LogP contribution in [0.25, 0.3) is 0 Å². The van der Waals surface area contributed by atoms with Crippen molar-refractivity contribution < 1.29 is 14.3 Å². The second kappa shape index (κ2) is 9.36. The lowest BCUT2D eigenvalue weighted by atomic mass is 9.74. The van der Waals surface area contributed by atoms with Crippen LogP contribution in [0.3, 0.4) is 0 Å². The number of carbonyl (C=O) groups is 1. The number of ether oxygens (including phenoxy) is 2. The topological polar surface area (TPSA) is 47.6 Å². The molecule has 1 aliphatic rings. The van der Waals surface area contributed by atoms with E-state index in [0.29, 0.717) is 26.4 Å². The van der Waals surface area contributed by atoms with Gasteiger partial charge < -0.3 is 14.8 Å². The second-order valence-corrected chi connectivity index (χ2v) is 7.44. The zero-order valence-electron chi connectivity index (χ0n) is 15.6. The summed E-state index contributed by atoms with van der Waals surface area (Å²) in [6.45, 7) is 4.06. The number of hydrogen-bond donors (Lipinski definition) is 1. The Labute approximate surface area is 165 Å². The maximum atomic E-state index is 12.6. The average molecular weight is 388 g/mol. The minimum Gasteiger partial charge on any atom is -0.381 e. The summed E-state index contributed by atoms with van der Waals surface area (Å²) >= 11 is 6.46. The van der Waals surface area contributed by atoms with E-state index in [9.17, 15) is 4.79 Å². The Hall–Kier alpha value is -1.88. The van der Waals surface area contributed by atoms with Crippen LogP contribution < -0.4 is 5.32 Å². The fourth-order valence-electron chi connectivity index (χ4n) is 3.47. The highest BCUT2D eigenvalue weighted by molar-refractivity contribution is 6.31. The van der Waals surface area contributed by atoms with Gasteiger partial charge in [-0.1, -0.05) is 60.1 Å². The molecule has 1 amide bonds. The lowest BCUT2D eigenvalue weighted by Crippen LogP contribution is -2.47. The lowest BCUT2D eigenvalue weighted by Gasteiger charge is -2.38. The summed E-state index contributed by atoms with van der Waals surface area (Å²) in [5.74, 6) is -0.108. The highest BCUT2D eigenvalue weighted by atomic mass is 35.5. The number of rotatable bonds is 7. The Kier molecular flexibility index (Phi) is 6.89. The van der Waals surface area contributed by atoms with E-state index in [1.165, 1.54) is 0 Å². The summed E-state index contributed by atoms with van der Waals surface area (Å²) < 4.78 is 11.3. The number of benzene rings is 2. The minimum absolute atomic E-state index is 0.108. The van der Waals surface area contributed by atoms with E-state index in [2.05, 4.69) is 11.4 Å². The first kappa shape index (κ1) is 19.9. The third-order valence-electron chi connectivity index (χ3n) is 5.21. The minimum atomic E-state index is -0.520. The normalized spacial score (nSPS) is 17.3. The maximum absolute atomic E-state index is 12.6. The highest BCUT2D eigenvalue weighted by Crippen LogP contribution is 2.38. The van der Waals surface area contributed by atoms with Crippen LogP contribution in [-0.2, 0) is 26.3 Å². The number of hydrogen-bond acceptors (Lipinski definition) is 3. The summed E-state index contributed by atoms with van der Waals surface area (Å²) in [7, 11) is 0. The Morgan fingerprint density at radius 3 is 2.52 bits per heavy atom. The predicted octanol–water partition coefficient (Wildman–Crippen LogP) is 4.11. The van der Waals surface area contributed by atoms with Crippen LogP contribution in [0.1, 0.15) is 30.9 Å². The van der Waals surface area contributed by atoms with Gasteiger partial charge in [0.05, 0.1) is 6.61 Å². The molecule has 0 radical (unpaired) electrons. The molecular weight excluding hydrogens is 362 g/mol. The number of nitrogens with one attached hydrogen (secondary N) is 1. The van der Waals surface area contributed by atoms with Gasteiger partial charge in [0.2, 0.25) is 5.91 Å². The molecule has 0 aromatic heterocycles. The number of amides is 1. The molecule has 1 fully saturated rings. The zero-order chi connectivity index (χ0) is 19.1. The molecule has 0 spiro atoms. The van der Waals surface area contributed by atoms with Crippen LogP contribution in [0, 0.1) is 0 Å². The smallest absolute Gasteiger partial charge is 0.248 e. The van der Waals surface area contributed by atoms with Gasteiger partial charge in [0.15, 0.2) is 0 Å². The van der Waals surface area contributed by atoms with Crippen molar-refractivity contribution in [1.29, 1.82) is 0 Å². The van der Waals surface area contributed by atoms with E-state index in [4.69, 9.17) is 21.1 Å². The summed E-state index contributed by atoms with van der Waals surface area (Å²) in [5, 5.41) is 3.81. The lowest BCUT2D eigenvalue weighted by molar-refractivity contribution is -0.133. The Morgan fingerprint density at radius 2 is 1.81 bits per heavy atom. The first-order chi connectivity index (χ1) is 13.1. The van der Waals surface area contributed by atoms with Gasteiger partial charge in [-0.2, -0.15) is 0 Å². The van der Waals surface area contributed by atoms with E-state index in [0.717, 1.165) is 29.0 Å². The van der Waals surface area contributed by atoms with Crippen LogP contribution >= 0.6 is 11.6 Å². The molecule has 1 aliphatic heterocycles. The molecule has 2 aromatic rings. The van der Waals surface area contributed by atoms with E-state index < -0.39 is 6.10 Å². The molecule has 27 heavy (non-hydrogen) atoms. The molecular formula is C22H26ClNO3. The second-order valence-electron chi connectivity index (χ2n) is 7.03. The van der Waals surface area contributed by atoms with Crippen molar-refractivity contribution in [3.63, 3.8) is 0 Å². The molecule has 2 aromatic carbocycles. The van der Waals surface area contributed by atoms with Gasteiger partial charge in [-0.15, -0.1) is 0 Å². The van der Waals surface area contributed by atoms with Crippen molar-refractivity contribution in [2.75, 3.05) is 19.8 Å². The van der Waals surface area contributed by atoms with Crippen LogP contribution in [0.5, 0.6) is 0 Å². The van der Waals surface area contributed by atoms with Crippen molar-refractivity contribution in [3.05, 3.63) is 70.7 Å². The molecule has 1 heterocycles. The largest absolute Gasteiger partial charge is 0.381 e. The Bertz CT molecular complexity index is 744. The van der Waals surface area contributed by atoms with E-state index in [-0.39, 0.29) is 11.3 Å². The maximum Gasteiger partial charge on any atom is 0.248 e. The van der Waals surface area contributed by atoms with E-state index >= 15 is 0 Å². The van der Waals surface area contributed by atoms with Crippen molar-refractivity contribution in [2.24, 2.45) is 0 Å². The van der Waals surface area contributed by atoms with Crippen LogP contribution in [-0.4, -0.2) is 31.8 Å². The Morgan fingerprint density at radius 1 is 1.15 bits per heavy atom. The van der Waals surface area contributed by atoms with Gasteiger partial charge in [-0.3, -0.25) is 4.79 Å². The molecule has 1 atom stereocenters. The summed E-state index contributed by atoms with van der Waals surface area (Å²) in [5.41, 5.74) is 1.92. The van der Waals surface area contributed by atoms with Crippen LogP contribution in [0.4, 0.5) is 0 Å². The molecule has 4 nitrogen and oxygen atoms in total. The van der Waals surface area contributed by atoms with E-state index in [1.54, 1.807) is 6.92 Å². The van der Waals surface area contributed by atoms with Gasteiger partial charge in [0.1, 0.15) is 6.10 Å². The average Bonchev–Trinajstić information content (AvgIpc) is 2.72. The molecule has 0 saturated carbocycles. The van der Waals surface area contributed by atoms with Crippen molar-refractivity contribution in [1.82, 2.24) is 5.32 Å². The quantitative estimate of drug-likeness (QED) is 0.777. The zero-order valence-corrected chi connectivity index (χ0v) is 16.4. The molecule has 5 heteroatoms. The van der Waals surface area contributed by atoms with Gasteiger partial charge in [0, 0.05) is 30.2 Å². The summed E-state index contributed by atoms with van der Waals surface area (Å²) in [6, 6.07) is 17.7. The molecule has 1 saturated heterocycles. The third-order valence-corrected chi connectivity index (χ3v) is 5.54. The van der Waals surface area contributed by atoms with Gasteiger partial charge in [-0.25, -0.2) is 0 Å². The predicted molar refractivity (Wildman–Crippen MR) is 107 cm³/mol. The van der Waals surface area contributed by atoms with Crippen molar-refractivity contribution >= 4 is 17.5 Å². The highest BCUT2D eigenvalue weighted by Gasteiger charge is 2.36. The molecule has 1 N–H and O–H groups in total. The summed E-state index contributed by atoms with van der Waals surface area (Å²) in [4.78, 5) is 12.6. The first-order valence-corrected chi connectivity index (χ1v) is 9.74. The molecule has 1 unspecified atom stereocenters. The number of carbonyl (C=O) groups excluding carboxylic acids is 1. The van der Waals surface area contributed by atoms with Crippen LogP contribution in [0.15, 0.2) is 54.6 Å². The molecule has 0 aliphatic carbocycles. The first-order valence-electron chi connectivity index (χ1n) is 9.37. The van der Waals surface area contributed by atoms with Crippen molar-refractivity contribution in [3.8, 4) is 0 Å². The van der Waals surface area contributed by atoms with Crippen LogP contribution in [0.2, 0.25) is 5.02 Å². The molecule has 144 valence electrons. The molecule has 3 rings (SSSR count). The van der Waals surface area contributed by atoms with Crippen molar-refractivity contribution in [2.45, 2.75) is 37.9 Å². The summed E-state index contributed by atoms with van der Waals surface area (Å²) in [6.07, 6.45) is 1.14. The fraction of sp³-hybridized carbons (Fsp3) is 0.409.